The van der Waals surface area contributed by atoms with E-state index in [-0.39, 0.29) is 12.3 Å². The first kappa shape index (κ1) is 18.8. The number of fused-ring (bicyclic) bond motifs is 3. The molecule has 0 aliphatic carbocycles. The van der Waals surface area contributed by atoms with Crippen LogP contribution in [-0.4, -0.2) is 24.9 Å². The number of hydrazone groups is 1. The summed E-state index contributed by atoms with van der Waals surface area (Å²) < 4.78 is 17.0. The average Bonchev–Trinajstić information content (AvgIpc) is 3.24. The molecular weight excluding hydrogens is 400 g/mol. The summed E-state index contributed by atoms with van der Waals surface area (Å²) in [7, 11) is 3.33. The van der Waals surface area contributed by atoms with Gasteiger partial charge in [-0.3, -0.25) is 0 Å². The lowest BCUT2D eigenvalue weighted by Crippen LogP contribution is -2.33. The molecule has 0 aromatic heterocycles. The van der Waals surface area contributed by atoms with E-state index >= 15 is 0 Å². The summed E-state index contributed by atoms with van der Waals surface area (Å²) in [4.78, 5) is 0. The Labute approximate surface area is 180 Å². The van der Waals surface area contributed by atoms with Crippen molar-refractivity contribution in [3.63, 3.8) is 0 Å². The van der Waals surface area contributed by atoms with Gasteiger partial charge in [-0.05, 0) is 72.3 Å². The highest BCUT2D eigenvalue weighted by Gasteiger charge is 2.41. The minimum atomic E-state index is -0.328. The number of rotatable bonds is 4. The lowest BCUT2D eigenvalue weighted by atomic mass is 9.96. The van der Waals surface area contributed by atoms with E-state index in [1.165, 1.54) is 0 Å². The Hall–Kier alpha value is -3.18. The van der Waals surface area contributed by atoms with Crippen LogP contribution in [0, 0.1) is 0 Å². The summed E-state index contributed by atoms with van der Waals surface area (Å²) in [6.45, 7) is 0. The van der Waals surface area contributed by atoms with E-state index in [9.17, 15) is 0 Å². The predicted octanol–water partition coefficient (Wildman–Crippen LogP) is 5.60. The third-order valence-corrected chi connectivity index (χ3v) is 5.81. The highest BCUT2D eigenvalue weighted by molar-refractivity contribution is 6.30. The van der Waals surface area contributed by atoms with Crippen LogP contribution in [0.5, 0.6) is 17.2 Å². The van der Waals surface area contributed by atoms with Crippen LogP contribution < -0.4 is 14.2 Å². The van der Waals surface area contributed by atoms with E-state index in [2.05, 4.69) is 0 Å². The molecule has 0 unspecified atom stereocenters. The van der Waals surface area contributed by atoms with Crippen LogP contribution in [0.4, 0.5) is 0 Å². The van der Waals surface area contributed by atoms with E-state index in [4.69, 9.17) is 30.9 Å². The zero-order valence-corrected chi connectivity index (χ0v) is 17.5. The van der Waals surface area contributed by atoms with Crippen molar-refractivity contribution in [2.75, 3.05) is 14.2 Å². The third-order valence-electron chi connectivity index (χ3n) is 5.58. The Morgan fingerprint density at radius 1 is 0.933 bits per heavy atom. The molecule has 5 rings (SSSR count). The monoisotopic (exact) mass is 420 g/mol. The van der Waals surface area contributed by atoms with Crippen molar-refractivity contribution < 1.29 is 14.2 Å². The van der Waals surface area contributed by atoms with Crippen LogP contribution in [0.1, 0.15) is 35.4 Å². The van der Waals surface area contributed by atoms with Gasteiger partial charge in [-0.25, -0.2) is 5.01 Å². The highest BCUT2D eigenvalue weighted by Crippen LogP contribution is 2.48. The topological polar surface area (TPSA) is 43.3 Å². The van der Waals surface area contributed by atoms with Crippen molar-refractivity contribution in [1.29, 1.82) is 0 Å². The summed E-state index contributed by atoms with van der Waals surface area (Å²) in [5.41, 5.74) is 4.15. The number of halogens is 1. The first-order valence-electron chi connectivity index (χ1n) is 9.76. The molecule has 0 spiro atoms. The molecule has 2 heterocycles. The molecule has 0 fully saturated rings. The van der Waals surface area contributed by atoms with Crippen LogP contribution in [0.3, 0.4) is 0 Å². The number of ether oxygens (including phenoxy) is 3. The van der Waals surface area contributed by atoms with Gasteiger partial charge in [-0.2, -0.15) is 5.10 Å². The maximum Gasteiger partial charge on any atom is 0.213 e. The zero-order valence-electron chi connectivity index (χ0n) is 16.7. The summed E-state index contributed by atoms with van der Waals surface area (Å²) in [6, 6.07) is 21.7. The molecule has 30 heavy (non-hydrogen) atoms. The van der Waals surface area contributed by atoms with E-state index in [0.29, 0.717) is 5.02 Å². The van der Waals surface area contributed by atoms with Gasteiger partial charge in [0.15, 0.2) is 0 Å². The van der Waals surface area contributed by atoms with E-state index in [1.807, 2.05) is 71.7 Å². The standard InChI is InChI=1S/C24H21ClN2O3/c1-28-18-8-3-15(4-9-18)21-14-22-20-13-17(25)7-12-23(20)30-24(27(22)26-21)16-5-10-19(29-2)11-6-16/h3-13,22,24H,14H2,1-2H3/t22-,24+/m1/s1. The Morgan fingerprint density at radius 3 is 2.27 bits per heavy atom. The Kier molecular flexibility index (Phi) is 4.75. The lowest BCUT2D eigenvalue weighted by molar-refractivity contribution is -0.0190. The molecular formula is C24H21ClN2O3. The molecule has 0 bridgehead atoms. The molecule has 3 aromatic carbocycles. The first-order valence-corrected chi connectivity index (χ1v) is 10.1. The number of nitrogens with zero attached hydrogens (tertiary/aromatic N) is 2. The fourth-order valence-corrected chi connectivity index (χ4v) is 4.19. The summed E-state index contributed by atoms with van der Waals surface area (Å²) in [5, 5.41) is 7.71. The lowest BCUT2D eigenvalue weighted by Gasteiger charge is -2.38. The number of benzene rings is 3. The van der Waals surface area contributed by atoms with Gasteiger partial charge in [0.05, 0.1) is 26.0 Å². The van der Waals surface area contributed by atoms with Crippen LogP contribution >= 0.6 is 11.6 Å². The van der Waals surface area contributed by atoms with Crippen LogP contribution in [0.15, 0.2) is 71.8 Å². The van der Waals surface area contributed by atoms with Gasteiger partial charge < -0.3 is 14.2 Å². The fourth-order valence-electron chi connectivity index (χ4n) is 4.00. The molecule has 0 saturated carbocycles. The highest BCUT2D eigenvalue weighted by atomic mass is 35.5. The summed E-state index contributed by atoms with van der Waals surface area (Å²) in [6.07, 6.45) is 0.445. The molecule has 0 radical (unpaired) electrons. The van der Waals surface area contributed by atoms with Crippen LogP contribution in [-0.2, 0) is 0 Å². The minimum absolute atomic E-state index is 0.0525. The largest absolute Gasteiger partial charge is 0.497 e. The smallest absolute Gasteiger partial charge is 0.213 e. The van der Waals surface area contributed by atoms with Gasteiger partial charge in [0.25, 0.3) is 0 Å². The molecule has 2 aliphatic heterocycles. The van der Waals surface area contributed by atoms with E-state index in [1.54, 1.807) is 14.2 Å². The molecule has 2 atom stereocenters. The van der Waals surface area contributed by atoms with Gasteiger partial charge in [-0.1, -0.05) is 11.6 Å². The van der Waals surface area contributed by atoms with E-state index < -0.39 is 0 Å². The fraction of sp³-hybridized carbons (Fsp3) is 0.208. The second-order valence-corrected chi connectivity index (χ2v) is 7.74. The molecule has 0 N–H and O–H groups in total. The van der Waals surface area contributed by atoms with E-state index in [0.717, 1.165) is 46.1 Å². The maximum atomic E-state index is 6.38. The van der Waals surface area contributed by atoms with Crippen molar-refractivity contribution in [3.8, 4) is 17.2 Å². The average molecular weight is 421 g/mol. The molecule has 0 amide bonds. The minimum Gasteiger partial charge on any atom is -0.497 e. The molecule has 152 valence electrons. The molecule has 2 aliphatic rings. The van der Waals surface area contributed by atoms with Crippen LogP contribution in [0.2, 0.25) is 5.02 Å². The second kappa shape index (κ2) is 7.58. The SMILES string of the molecule is COc1ccc(C2=NN3[C@H](C2)c2cc(Cl)ccc2O[C@H]3c2ccc(OC)cc2)cc1. The predicted molar refractivity (Wildman–Crippen MR) is 117 cm³/mol. The third kappa shape index (κ3) is 3.25. The maximum absolute atomic E-state index is 6.38. The van der Waals surface area contributed by atoms with Crippen molar-refractivity contribution in [2.24, 2.45) is 5.10 Å². The summed E-state index contributed by atoms with van der Waals surface area (Å²) in [5.74, 6) is 2.47. The Morgan fingerprint density at radius 2 is 1.60 bits per heavy atom. The van der Waals surface area contributed by atoms with Crippen LogP contribution in [0.25, 0.3) is 0 Å². The van der Waals surface area contributed by atoms with Crippen molar-refractivity contribution in [2.45, 2.75) is 18.7 Å². The van der Waals surface area contributed by atoms with Gasteiger partial charge in [0.1, 0.15) is 17.2 Å². The second-order valence-electron chi connectivity index (χ2n) is 7.30. The normalized spacial score (nSPS) is 19.4. The number of methoxy groups -OCH3 is 2. The van der Waals surface area contributed by atoms with Crippen molar-refractivity contribution >= 4 is 17.3 Å². The van der Waals surface area contributed by atoms with Gasteiger partial charge in [0.2, 0.25) is 6.23 Å². The molecule has 5 nitrogen and oxygen atoms in total. The molecule has 3 aromatic rings. The quantitative estimate of drug-likeness (QED) is 0.551. The van der Waals surface area contributed by atoms with Gasteiger partial charge in [-0.15, -0.1) is 0 Å². The zero-order chi connectivity index (χ0) is 20.7. The first-order chi connectivity index (χ1) is 14.7. The van der Waals surface area contributed by atoms with Gasteiger partial charge in [0, 0.05) is 22.6 Å². The molecule has 6 heteroatoms. The Balaban J connectivity index is 1.56. The Bertz CT molecular complexity index is 1100. The van der Waals surface area contributed by atoms with Crippen molar-refractivity contribution in [3.05, 3.63) is 88.4 Å². The molecule has 0 saturated heterocycles. The summed E-state index contributed by atoms with van der Waals surface area (Å²) >= 11 is 6.30. The van der Waals surface area contributed by atoms with Gasteiger partial charge >= 0.3 is 0 Å². The number of hydrogen-bond donors (Lipinski definition) is 0. The van der Waals surface area contributed by atoms with Crippen molar-refractivity contribution in [1.82, 2.24) is 5.01 Å². The number of hydrogen-bond acceptors (Lipinski definition) is 5.